The van der Waals surface area contributed by atoms with E-state index in [1.807, 2.05) is 66.0 Å². The highest BCUT2D eigenvalue weighted by Gasteiger charge is 2.42. The van der Waals surface area contributed by atoms with Crippen molar-refractivity contribution in [3.8, 4) is 23.0 Å². The Hall–Kier alpha value is -4.76. The number of para-hydroxylation sites is 2. The Morgan fingerprint density at radius 2 is 1.58 bits per heavy atom. The summed E-state index contributed by atoms with van der Waals surface area (Å²) in [5.74, 6) is 1.59. The van der Waals surface area contributed by atoms with E-state index in [2.05, 4.69) is 5.32 Å². The Morgan fingerprint density at radius 3 is 2.21 bits per heavy atom. The summed E-state index contributed by atoms with van der Waals surface area (Å²) in [6.45, 7) is 0. The van der Waals surface area contributed by atoms with Crippen LogP contribution in [0.15, 0.2) is 89.4 Å². The number of thiophene rings is 1. The van der Waals surface area contributed by atoms with E-state index < -0.39 is 6.04 Å². The quantitative estimate of drug-likeness (QED) is 0.246. The fourth-order valence-electron chi connectivity index (χ4n) is 5.99. The summed E-state index contributed by atoms with van der Waals surface area (Å²) in [6, 6.07) is 22.1. The first kappa shape index (κ1) is 28.4. The first-order valence-electron chi connectivity index (χ1n) is 13.9. The topological polar surface area (TPSA) is 86.3 Å². The van der Waals surface area contributed by atoms with Crippen LogP contribution in [0.5, 0.6) is 23.0 Å². The van der Waals surface area contributed by atoms with E-state index >= 15 is 0 Å². The van der Waals surface area contributed by atoms with Gasteiger partial charge < -0.3 is 24.3 Å². The molecule has 220 valence electrons. The maximum absolute atomic E-state index is 14.7. The van der Waals surface area contributed by atoms with E-state index in [4.69, 9.17) is 18.9 Å². The molecule has 1 amide bonds. The molecular weight excluding hydrogens is 564 g/mol. The molecule has 4 aromatic rings. The molecule has 1 N–H and O–H groups in total. The van der Waals surface area contributed by atoms with Gasteiger partial charge in [0.1, 0.15) is 11.8 Å². The Labute approximate surface area is 254 Å². The van der Waals surface area contributed by atoms with Crippen molar-refractivity contribution < 1.29 is 28.5 Å². The minimum Gasteiger partial charge on any atom is -0.497 e. The second-order valence-electron chi connectivity index (χ2n) is 10.3. The second-order valence-corrected chi connectivity index (χ2v) is 11.3. The van der Waals surface area contributed by atoms with Gasteiger partial charge in [-0.25, -0.2) is 0 Å². The van der Waals surface area contributed by atoms with Crippen LogP contribution in [0.3, 0.4) is 0 Å². The van der Waals surface area contributed by atoms with Crippen LogP contribution in [0, 0.1) is 0 Å². The first-order valence-corrected chi connectivity index (χ1v) is 14.8. The summed E-state index contributed by atoms with van der Waals surface area (Å²) in [5, 5.41) is 5.55. The molecule has 0 saturated heterocycles. The van der Waals surface area contributed by atoms with Crippen LogP contribution in [0.25, 0.3) is 0 Å². The number of carbonyl (C=O) groups is 2. The van der Waals surface area contributed by atoms with E-state index in [-0.39, 0.29) is 17.6 Å². The molecule has 2 atom stereocenters. The van der Waals surface area contributed by atoms with Gasteiger partial charge >= 0.3 is 0 Å². The van der Waals surface area contributed by atoms with Gasteiger partial charge in [-0.15, -0.1) is 11.3 Å². The van der Waals surface area contributed by atoms with Crippen molar-refractivity contribution in [2.24, 2.45) is 0 Å². The van der Waals surface area contributed by atoms with E-state index in [9.17, 15) is 9.59 Å². The van der Waals surface area contributed by atoms with E-state index in [0.717, 1.165) is 27.6 Å². The average molecular weight is 597 g/mol. The number of nitrogens with zero attached hydrogens (tertiary/aromatic N) is 1. The fraction of sp³-hybridized carbons (Fsp3) is 0.235. The molecule has 2 aliphatic rings. The predicted octanol–water partition coefficient (Wildman–Crippen LogP) is 7.00. The van der Waals surface area contributed by atoms with Crippen molar-refractivity contribution in [1.82, 2.24) is 0 Å². The summed E-state index contributed by atoms with van der Waals surface area (Å²) in [7, 11) is 6.19. The molecular formula is C34H32N2O6S. The number of anilines is 2. The van der Waals surface area contributed by atoms with Gasteiger partial charge in [0.15, 0.2) is 17.3 Å². The molecule has 2 heterocycles. The summed E-state index contributed by atoms with van der Waals surface area (Å²) in [4.78, 5) is 31.5. The zero-order valence-corrected chi connectivity index (χ0v) is 25.2. The highest BCUT2D eigenvalue weighted by molar-refractivity contribution is 7.10. The van der Waals surface area contributed by atoms with Crippen molar-refractivity contribution in [3.05, 3.63) is 105 Å². The summed E-state index contributed by atoms with van der Waals surface area (Å²) in [5.41, 5.74) is 4.25. The lowest BCUT2D eigenvalue weighted by Crippen LogP contribution is -2.38. The molecule has 2 unspecified atom stereocenters. The number of allylic oxidation sites excluding steroid dienone is 1. The Morgan fingerprint density at radius 1 is 0.860 bits per heavy atom. The molecule has 0 saturated carbocycles. The number of hydrogen-bond acceptors (Lipinski definition) is 8. The van der Waals surface area contributed by atoms with Gasteiger partial charge in [-0.2, -0.15) is 0 Å². The van der Waals surface area contributed by atoms with Crippen LogP contribution in [0.2, 0.25) is 0 Å². The van der Waals surface area contributed by atoms with Crippen LogP contribution >= 0.6 is 11.3 Å². The lowest BCUT2D eigenvalue weighted by atomic mass is 9.79. The molecule has 1 aliphatic heterocycles. The number of nitrogens with one attached hydrogen (secondary N) is 1. The van der Waals surface area contributed by atoms with Gasteiger partial charge in [-0.3, -0.25) is 14.5 Å². The predicted molar refractivity (Wildman–Crippen MR) is 167 cm³/mol. The van der Waals surface area contributed by atoms with Crippen LogP contribution in [-0.2, 0) is 4.79 Å². The third-order valence-corrected chi connectivity index (χ3v) is 8.94. The van der Waals surface area contributed by atoms with E-state index in [0.29, 0.717) is 46.9 Å². The fourth-order valence-corrected chi connectivity index (χ4v) is 6.81. The number of amides is 1. The van der Waals surface area contributed by atoms with Crippen LogP contribution in [0.4, 0.5) is 11.4 Å². The van der Waals surface area contributed by atoms with Crippen LogP contribution in [-0.4, -0.2) is 40.1 Å². The minimum atomic E-state index is -0.637. The van der Waals surface area contributed by atoms with Gasteiger partial charge in [-0.05, 0) is 65.7 Å². The molecule has 1 aromatic heterocycles. The van der Waals surface area contributed by atoms with Crippen molar-refractivity contribution in [1.29, 1.82) is 0 Å². The average Bonchev–Trinajstić information content (AvgIpc) is 3.53. The first-order chi connectivity index (χ1) is 21.0. The number of carbonyl (C=O) groups excluding carboxylic acids is 2. The number of ketones is 1. The molecule has 0 bridgehead atoms. The molecule has 0 radical (unpaired) electrons. The molecule has 1 aliphatic carbocycles. The lowest BCUT2D eigenvalue weighted by molar-refractivity contribution is -0.116. The SMILES string of the molecule is COc1ccc(C2CC(=O)C3=C(C2)Nc2ccccc2N(C(=O)c2cc(OC)c(OC)c(OC)c2)C3c2cccs2)cc1. The zero-order valence-electron chi connectivity index (χ0n) is 24.4. The summed E-state index contributed by atoms with van der Waals surface area (Å²) < 4.78 is 22.0. The molecule has 6 rings (SSSR count). The van der Waals surface area contributed by atoms with Crippen molar-refractivity contribution in [2.75, 3.05) is 38.7 Å². The number of ether oxygens (including phenoxy) is 4. The molecule has 43 heavy (non-hydrogen) atoms. The zero-order chi connectivity index (χ0) is 30.1. The van der Waals surface area contributed by atoms with Crippen LogP contribution < -0.4 is 29.2 Å². The smallest absolute Gasteiger partial charge is 0.259 e. The van der Waals surface area contributed by atoms with E-state index in [1.165, 1.54) is 32.7 Å². The maximum Gasteiger partial charge on any atom is 0.259 e. The van der Waals surface area contributed by atoms with Crippen LogP contribution in [0.1, 0.15) is 45.6 Å². The summed E-state index contributed by atoms with van der Waals surface area (Å²) >= 11 is 1.52. The monoisotopic (exact) mass is 596 g/mol. The van der Waals surface area contributed by atoms with Gasteiger partial charge in [0.05, 0.1) is 39.8 Å². The van der Waals surface area contributed by atoms with Gasteiger partial charge in [0, 0.05) is 28.1 Å². The Balaban J connectivity index is 1.52. The van der Waals surface area contributed by atoms with Crippen molar-refractivity contribution in [2.45, 2.75) is 24.8 Å². The molecule has 3 aromatic carbocycles. The number of rotatable bonds is 7. The maximum atomic E-state index is 14.7. The second kappa shape index (κ2) is 11.9. The highest BCUT2D eigenvalue weighted by Crippen LogP contribution is 2.49. The van der Waals surface area contributed by atoms with Gasteiger partial charge in [0.25, 0.3) is 5.91 Å². The molecule has 8 nitrogen and oxygen atoms in total. The minimum absolute atomic E-state index is 0.00321. The third-order valence-electron chi connectivity index (χ3n) is 8.02. The number of hydrogen-bond donors (Lipinski definition) is 1. The Bertz CT molecular complexity index is 1670. The Kier molecular flexibility index (Phi) is 7.82. The molecule has 0 fully saturated rings. The molecule has 0 spiro atoms. The lowest BCUT2D eigenvalue weighted by Gasteiger charge is -2.34. The normalized spacial score (nSPS) is 17.8. The third kappa shape index (κ3) is 5.10. The number of Topliss-reactive ketones (excluding diaryl/α,β-unsaturated/α-hetero) is 1. The standard InChI is InChI=1S/C34H32N2O6S/c1-39-23-13-11-20(12-14-23)21-16-25-31(27(37)17-21)32(30-10-7-15-43-30)36(26-9-6-5-8-24(26)35-25)34(38)22-18-28(40-2)33(42-4)29(19-22)41-3/h5-15,18-19,21,32,35H,16-17H2,1-4H3. The highest BCUT2D eigenvalue weighted by atomic mass is 32.1. The number of fused-ring (bicyclic) bond motifs is 1. The number of methoxy groups -OCH3 is 4. The van der Waals surface area contributed by atoms with Gasteiger partial charge in [0.2, 0.25) is 5.75 Å². The number of benzene rings is 3. The van der Waals surface area contributed by atoms with Gasteiger partial charge in [-0.1, -0.05) is 30.3 Å². The largest absolute Gasteiger partial charge is 0.497 e. The van der Waals surface area contributed by atoms with Crippen molar-refractivity contribution >= 4 is 34.4 Å². The molecule has 9 heteroatoms. The van der Waals surface area contributed by atoms with Crippen molar-refractivity contribution in [3.63, 3.8) is 0 Å². The van der Waals surface area contributed by atoms with E-state index in [1.54, 1.807) is 24.1 Å². The summed E-state index contributed by atoms with van der Waals surface area (Å²) in [6.07, 6.45) is 0.951.